The molecule has 1 saturated heterocycles. The van der Waals surface area contributed by atoms with Crippen molar-refractivity contribution in [3.05, 3.63) is 0 Å². The zero-order valence-corrected chi connectivity index (χ0v) is 16.1. The Morgan fingerprint density at radius 3 is 2.20 bits per heavy atom. The molecule has 146 valence electrons. The molecule has 3 N–H and O–H groups in total. The molecule has 25 heavy (non-hydrogen) atoms. The normalized spacial score (nSPS) is 18.0. The van der Waals surface area contributed by atoms with Crippen molar-refractivity contribution < 1.29 is 23.2 Å². The highest BCUT2D eigenvalue weighted by atomic mass is 32.2. The number of nitrogens with one attached hydrogen (secondary N) is 2. The van der Waals surface area contributed by atoms with Crippen molar-refractivity contribution >= 4 is 21.7 Å². The SMILES string of the molecule is CC(C)C[C@@H](C(=O)N1CCCCC1)[C@@H](CNCS(C)(=O)=O)C(=O)NO. The first-order chi connectivity index (χ1) is 11.7. The molecule has 1 aliphatic rings. The molecule has 0 radical (unpaired) electrons. The molecule has 1 heterocycles. The molecule has 0 unspecified atom stereocenters. The van der Waals surface area contributed by atoms with E-state index in [1.807, 2.05) is 13.8 Å². The van der Waals surface area contributed by atoms with E-state index in [1.54, 1.807) is 10.4 Å². The first-order valence-electron chi connectivity index (χ1n) is 8.77. The van der Waals surface area contributed by atoms with E-state index in [-0.39, 0.29) is 24.2 Å². The highest BCUT2D eigenvalue weighted by Gasteiger charge is 2.36. The Morgan fingerprint density at radius 2 is 1.72 bits per heavy atom. The smallest absolute Gasteiger partial charge is 0.248 e. The molecule has 0 aromatic rings. The maximum atomic E-state index is 13.0. The Hall–Kier alpha value is -1.19. The third-order valence-electron chi connectivity index (χ3n) is 4.37. The quantitative estimate of drug-likeness (QED) is 0.395. The molecule has 0 aromatic heterocycles. The van der Waals surface area contributed by atoms with Gasteiger partial charge in [0, 0.05) is 25.9 Å². The second-order valence-corrected chi connectivity index (χ2v) is 9.37. The average molecular weight is 378 g/mol. The summed E-state index contributed by atoms with van der Waals surface area (Å²) >= 11 is 0. The van der Waals surface area contributed by atoms with Crippen LogP contribution in [-0.2, 0) is 19.4 Å². The maximum absolute atomic E-state index is 13.0. The molecule has 1 aliphatic heterocycles. The van der Waals surface area contributed by atoms with Gasteiger partial charge in [-0.15, -0.1) is 0 Å². The fourth-order valence-corrected chi connectivity index (χ4v) is 3.68. The lowest BCUT2D eigenvalue weighted by atomic mass is 9.83. The molecule has 1 rings (SSSR count). The van der Waals surface area contributed by atoms with E-state index in [4.69, 9.17) is 5.21 Å². The van der Waals surface area contributed by atoms with Gasteiger partial charge in [-0.2, -0.15) is 0 Å². The third-order valence-corrected chi connectivity index (χ3v) is 5.10. The Labute approximate surface area is 150 Å². The zero-order valence-electron chi connectivity index (χ0n) is 15.3. The topological polar surface area (TPSA) is 116 Å². The van der Waals surface area contributed by atoms with Gasteiger partial charge in [-0.25, -0.2) is 13.9 Å². The van der Waals surface area contributed by atoms with Crippen molar-refractivity contribution in [1.82, 2.24) is 15.7 Å². The van der Waals surface area contributed by atoms with Gasteiger partial charge < -0.3 is 10.2 Å². The second kappa shape index (κ2) is 10.1. The van der Waals surface area contributed by atoms with Gasteiger partial charge >= 0.3 is 0 Å². The monoisotopic (exact) mass is 377 g/mol. The standard InChI is InChI=1S/C16H31N3O5S/c1-12(2)9-13(16(21)19-7-5-4-6-8-19)14(15(20)18-22)10-17-11-25(3,23)24/h12-14,17,22H,4-11H2,1-3H3,(H,18,20)/t13-,14-/m1/s1. The molecule has 0 aliphatic carbocycles. The molecular formula is C16H31N3O5S. The summed E-state index contributed by atoms with van der Waals surface area (Å²) < 4.78 is 22.6. The summed E-state index contributed by atoms with van der Waals surface area (Å²) in [5.41, 5.74) is 1.63. The maximum Gasteiger partial charge on any atom is 0.248 e. The number of piperidine rings is 1. The minimum atomic E-state index is -3.24. The summed E-state index contributed by atoms with van der Waals surface area (Å²) in [7, 11) is -3.24. The second-order valence-electron chi connectivity index (χ2n) is 7.23. The largest absolute Gasteiger partial charge is 0.342 e. The van der Waals surface area contributed by atoms with Crippen LogP contribution < -0.4 is 10.8 Å². The fourth-order valence-electron chi connectivity index (χ4n) is 3.19. The molecule has 9 heteroatoms. The highest BCUT2D eigenvalue weighted by molar-refractivity contribution is 7.90. The van der Waals surface area contributed by atoms with E-state index in [1.165, 1.54) is 0 Å². The van der Waals surface area contributed by atoms with Gasteiger partial charge in [-0.05, 0) is 31.6 Å². The Morgan fingerprint density at radius 1 is 1.12 bits per heavy atom. The van der Waals surface area contributed by atoms with Crippen LogP contribution in [0.4, 0.5) is 0 Å². The summed E-state index contributed by atoms with van der Waals surface area (Å²) in [6.45, 7) is 5.30. The fraction of sp³-hybridized carbons (Fsp3) is 0.875. The van der Waals surface area contributed by atoms with Crippen LogP contribution in [0.1, 0.15) is 39.5 Å². The van der Waals surface area contributed by atoms with E-state index < -0.39 is 27.6 Å². The summed E-state index contributed by atoms with van der Waals surface area (Å²) in [4.78, 5) is 26.9. The molecule has 0 spiro atoms. The third kappa shape index (κ3) is 7.70. The first-order valence-corrected chi connectivity index (χ1v) is 10.8. The molecule has 0 saturated carbocycles. The van der Waals surface area contributed by atoms with E-state index in [2.05, 4.69) is 5.32 Å². The average Bonchev–Trinajstić information content (AvgIpc) is 2.55. The lowest BCUT2D eigenvalue weighted by molar-refractivity contribution is -0.146. The molecule has 8 nitrogen and oxygen atoms in total. The van der Waals surface area contributed by atoms with Crippen molar-refractivity contribution in [2.45, 2.75) is 39.5 Å². The van der Waals surface area contributed by atoms with Crippen molar-refractivity contribution in [1.29, 1.82) is 0 Å². The van der Waals surface area contributed by atoms with E-state index in [9.17, 15) is 18.0 Å². The number of nitrogens with zero attached hydrogens (tertiary/aromatic N) is 1. The van der Waals surface area contributed by atoms with Crippen molar-refractivity contribution in [2.24, 2.45) is 17.8 Å². The van der Waals surface area contributed by atoms with Crippen molar-refractivity contribution in [3.63, 3.8) is 0 Å². The number of hydroxylamine groups is 1. The lowest BCUT2D eigenvalue weighted by Crippen LogP contribution is -2.49. The number of carbonyl (C=O) groups is 2. The van der Waals surface area contributed by atoms with Gasteiger partial charge in [-0.1, -0.05) is 13.8 Å². The molecular weight excluding hydrogens is 346 g/mol. The van der Waals surface area contributed by atoms with E-state index in [0.29, 0.717) is 19.5 Å². The molecule has 0 bridgehead atoms. The van der Waals surface area contributed by atoms with Gasteiger partial charge in [0.05, 0.1) is 17.7 Å². The highest BCUT2D eigenvalue weighted by Crippen LogP contribution is 2.25. The number of amides is 2. The van der Waals surface area contributed by atoms with Crippen LogP contribution in [-0.4, -0.2) is 62.1 Å². The van der Waals surface area contributed by atoms with Crippen molar-refractivity contribution in [3.8, 4) is 0 Å². The van der Waals surface area contributed by atoms with Crippen LogP contribution >= 0.6 is 0 Å². The van der Waals surface area contributed by atoms with Crippen LogP contribution in [0.2, 0.25) is 0 Å². The predicted octanol–water partition coefficient (Wildman–Crippen LogP) is 0.375. The Balaban J connectivity index is 2.93. The zero-order chi connectivity index (χ0) is 19.0. The van der Waals surface area contributed by atoms with Crippen LogP contribution in [0.15, 0.2) is 0 Å². The van der Waals surface area contributed by atoms with Gasteiger partial charge in [0.25, 0.3) is 0 Å². The predicted molar refractivity (Wildman–Crippen MR) is 94.5 cm³/mol. The number of rotatable bonds is 9. The van der Waals surface area contributed by atoms with Crippen LogP contribution in [0, 0.1) is 17.8 Å². The minimum Gasteiger partial charge on any atom is -0.342 e. The molecule has 1 fully saturated rings. The number of sulfone groups is 1. The van der Waals surface area contributed by atoms with Crippen LogP contribution in [0.5, 0.6) is 0 Å². The number of carbonyl (C=O) groups excluding carboxylic acids is 2. The van der Waals surface area contributed by atoms with Crippen LogP contribution in [0.3, 0.4) is 0 Å². The van der Waals surface area contributed by atoms with Gasteiger partial charge in [0.15, 0.2) is 9.84 Å². The van der Waals surface area contributed by atoms with Crippen LogP contribution in [0.25, 0.3) is 0 Å². The van der Waals surface area contributed by atoms with Gasteiger partial charge in [0.1, 0.15) is 0 Å². The van der Waals surface area contributed by atoms with Gasteiger partial charge in [0.2, 0.25) is 11.8 Å². The summed E-state index contributed by atoms with van der Waals surface area (Å²) in [6, 6.07) is 0. The lowest BCUT2D eigenvalue weighted by Gasteiger charge is -2.34. The van der Waals surface area contributed by atoms with Crippen molar-refractivity contribution in [2.75, 3.05) is 31.8 Å². The number of likely N-dealkylation sites (tertiary alicyclic amines) is 1. The Kier molecular flexibility index (Phi) is 8.81. The molecule has 0 aromatic carbocycles. The Bertz CT molecular complexity index is 544. The van der Waals surface area contributed by atoms with E-state index in [0.717, 1.165) is 25.5 Å². The number of hydrogen-bond acceptors (Lipinski definition) is 6. The summed E-state index contributed by atoms with van der Waals surface area (Å²) in [5.74, 6) is -2.29. The summed E-state index contributed by atoms with van der Waals surface area (Å²) in [5, 5.41) is 11.8. The minimum absolute atomic E-state index is 0.0103. The first kappa shape index (κ1) is 21.9. The molecule has 2 amide bonds. The molecule has 2 atom stereocenters. The summed E-state index contributed by atoms with van der Waals surface area (Å²) in [6.07, 6.45) is 4.57. The van der Waals surface area contributed by atoms with E-state index >= 15 is 0 Å². The van der Waals surface area contributed by atoms with Gasteiger partial charge in [-0.3, -0.25) is 14.8 Å². The number of hydrogen-bond donors (Lipinski definition) is 3.